The van der Waals surface area contributed by atoms with Gasteiger partial charge in [-0.15, -0.1) is 0 Å². The summed E-state index contributed by atoms with van der Waals surface area (Å²) in [7, 11) is 0. The van der Waals surface area contributed by atoms with Crippen molar-refractivity contribution in [1.29, 1.82) is 0 Å². The van der Waals surface area contributed by atoms with Gasteiger partial charge in [0.15, 0.2) is 0 Å². The standard InChI is InChI=1S/C61H96N14O15/c1-34(2)29-43(71-57(85)44(30-35(3)4)70-53(81)40(22-14-16-28-63)67-54(82)42(24-26-49(66)77)69-60(88)51(36(5)6)75-52(80)39(64)21-13-15-27-62)56(84)68-41(23-25-48(65)76)55(83)73-46(33-50(78)79)59(87)72-45(31-37-17-9-7-10-18-37)58(86)74-47(61(89)90)32-38-19-11-8-12-20-38/h7-12,17-20,34-36,39-47,51H,13-16,21-33,62-64H2,1-6H3,(H2,65,76)(H2,66,77)(H,67,82)(H,68,84)(H,69,88)(H,70,81)(H,71,85)(H,72,87)(H,73,83)(H,74,86)(H,75,80)(H,78,79)(H,89,90)/t39-,40-,41-,42-,43-,44-,45-,46-,47-,51-/m0/s1. The lowest BCUT2D eigenvalue weighted by Gasteiger charge is -2.29. The average molecular weight is 1270 g/mol. The SMILES string of the molecule is CC(C)C[C@H](NC(=O)[C@H](CC(C)C)NC(=O)[C@H](CCCCN)NC(=O)[C@H](CCC(N)=O)NC(=O)[C@@H](NC(=O)[C@@H](N)CCCCN)C(C)C)C(=O)N[C@@H](CCC(N)=O)C(=O)N[C@@H](CC(=O)O)C(=O)N[C@@H](Cc1ccccc1)C(=O)N[C@@H](Cc1ccccc1)C(=O)O. The Morgan fingerprint density at radius 1 is 0.400 bits per heavy atom. The van der Waals surface area contributed by atoms with Crippen molar-refractivity contribution in [3.63, 3.8) is 0 Å². The summed E-state index contributed by atoms with van der Waals surface area (Å²) in [5.41, 5.74) is 29.4. The smallest absolute Gasteiger partial charge is 0.326 e. The summed E-state index contributed by atoms with van der Waals surface area (Å²) in [5, 5.41) is 42.8. The second kappa shape index (κ2) is 40.9. The van der Waals surface area contributed by atoms with Crippen LogP contribution in [-0.4, -0.2) is 161 Å². The van der Waals surface area contributed by atoms with Crippen molar-refractivity contribution in [2.24, 2.45) is 46.4 Å². The molecule has 0 radical (unpaired) electrons. The van der Waals surface area contributed by atoms with E-state index in [2.05, 4.69) is 47.9 Å². The Kier molecular flexibility index (Phi) is 35.2. The van der Waals surface area contributed by atoms with Crippen molar-refractivity contribution in [2.75, 3.05) is 13.1 Å². The third kappa shape index (κ3) is 30.1. The molecule has 0 spiro atoms. The first-order chi connectivity index (χ1) is 42.5. The summed E-state index contributed by atoms with van der Waals surface area (Å²) >= 11 is 0. The number of nitrogens with one attached hydrogen (secondary N) is 9. The van der Waals surface area contributed by atoms with E-state index in [0.717, 1.165) is 0 Å². The number of carbonyl (C=O) groups is 13. The van der Waals surface area contributed by atoms with Gasteiger partial charge in [-0.1, -0.05) is 109 Å². The molecule has 500 valence electrons. The Morgan fingerprint density at radius 2 is 0.744 bits per heavy atom. The molecule has 0 bridgehead atoms. The molecular formula is C61H96N14O15. The number of primary amides is 2. The van der Waals surface area contributed by atoms with Crippen LogP contribution in [0.15, 0.2) is 60.7 Å². The van der Waals surface area contributed by atoms with Crippen molar-refractivity contribution in [1.82, 2.24) is 47.9 Å². The Bertz CT molecular complexity index is 2700. The highest BCUT2D eigenvalue weighted by atomic mass is 16.4. The van der Waals surface area contributed by atoms with Gasteiger partial charge in [-0.25, -0.2) is 4.79 Å². The van der Waals surface area contributed by atoms with E-state index in [1.807, 2.05) is 0 Å². The van der Waals surface area contributed by atoms with Gasteiger partial charge in [0.1, 0.15) is 54.4 Å². The zero-order valence-electron chi connectivity index (χ0n) is 52.4. The first-order valence-electron chi connectivity index (χ1n) is 30.4. The van der Waals surface area contributed by atoms with Crippen LogP contribution in [-0.2, 0) is 75.2 Å². The number of amides is 11. The van der Waals surface area contributed by atoms with Crippen LogP contribution < -0.4 is 76.5 Å². The molecule has 2 rings (SSSR count). The summed E-state index contributed by atoms with van der Waals surface area (Å²) in [5.74, 6) is -14.2. The molecule has 0 aromatic heterocycles. The summed E-state index contributed by atoms with van der Waals surface area (Å²) in [6, 6.07) is 2.19. The second-order valence-electron chi connectivity index (χ2n) is 23.5. The van der Waals surface area contributed by atoms with E-state index < -0.39 is 163 Å². The van der Waals surface area contributed by atoms with Gasteiger partial charge in [0, 0.05) is 25.7 Å². The predicted molar refractivity (Wildman–Crippen MR) is 332 cm³/mol. The highest BCUT2D eigenvalue weighted by molar-refractivity contribution is 5.99. The van der Waals surface area contributed by atoms with Gasteiger partial charge in [0.25, 0.3) is 0 Å². The summed E-state index contributed by atoms with van der Waals surface area (Å²) < 4.78 is 0. The van der Waals surface area contributed by atoms with Crippen LogP contribution in [0.3, 0.4) is 0 Å². The quantitative estimate of drug-likeness (QED) is 0.0328. The van der Waals surface area contributed by atoms with Crippen LogP contribution >= 0.6 is 0 Å². The van der Waals surface area contributed by atoms with Crippen molar-refractivity contribution in [3.05, 3.63) is 71.8 Å². The summed E-state index contributed by atoms with van der Waals surface area (Å²) in [6.45, 7) is 10.9. The maximum absolute atomic E-state index is 14.4. The maximum Gasteiger partial charge on any atom is 0.326 e. The van der Waals surface area contributed by atoms with E-state index >= 15 is 0 Å². The minimum absolute atomic E-state index is 0.0221. The minimum atomic E-state index is -1.94. The van der Waals surface area contributed by atoms with E-state index in [1.165, 1.54) is 0 Å². The van der Waals surface area contributed by atoms with Gasteiger partial charge in [-0.2, -0.15) is 0 Å². The van der Waals surface area contributed by atoms with Crippen LogP contribution in [0.2, 0.25) is 0 Å². The fourth-order valence-electron chi connectivity index (χ4n) is 9.37. The van der Waals surface area contributed by atoms with E-state index in [4.69, 9.17) is 28.7 Å². The third-order valence-electron chi connectivity index (χ3n) is 14.3. The number of benzene rings is 2. The van der Waals surface area contributed by atoms with Gasteiger partial charge in [-0.05, 0) is 99.8 Å². The fraction of sp³-hybridized carbons (Fsp3) is 0.590. The number of aliphatic carboxylic acids is 2. The molecular weight excluding hydrogens is 1170 g/mol. The molecule has 0 saturated heterocycles. The molecule has 11 amide bonds. The summed E-state index contributed by atoms with van der Waals surface area (Å²) in [4.78, 5) is 175. The molecule has 2 aromatic rings. The van der Waals surface area contributed by atoms with E-state index in [-0.39, 0.29) is 63.3 Å². The fourth-order valence-corrected chi connectivity index (χ4v) is 9.37. The van der Waals surface area contributed by atoms with Crippen LogP contribution in [0.1, 0.15) is 136 Å². The molecule has 0 heterocycles. The lowest BCUT2D eigenvalue weighted by molar-refractivity contribution is -0.143. The largest absolute Gasteiger partial charge is 0.481 e. The number of hydrogen-bond donors (Lipinski definition) is 16. The van der Waals surface area contributed by atoms with Crippen molar-refractivity contribution < 1.29 is 72.5 Å². The number of hydrogen-bond acceptors (Lipinski definition) is 16. The Hall–Kier alpha value is -8.57. The zero-order valence-corrected chi connectivity index (χ0v) is 52.4. The average Bonchev–Trinajstić information content (AvgIpc) is 1.35. The van der Waals surface area contributed by atoms with Gasteiger partial charge in [0.05, 0.1) is 12.5 Å². The first kappa shape index (κ1) is 77.5. The molecule has 0 unspecified atom stereocenters. The van der Waals surface area contributed by atoms with Gasteiger partial charge >= 0.3 is 11.9 Å². The van der Waals surface area contributed by atoms with Gasteiger partial charge in [-0.3, -0.25) is 57.5 Å². The zero-order chi connectivity index (χ0) is 67.6. The van der Waals surface area contributed by atoms with E-state index in [9.17, 15) is 72.5 Å². The highest BCUT2D eigenvalue weighted by Gasteiger charge is 2.37. The van der Waals surface area contributed by atoms with Crippen LogP contribution in [0.25, 0.3) is 0 Å². The molecule has 0 saturated carbocycles. The second-order valence-corrected chi connectivity index (χ2v) is 23.5. The van der Waals surface area contributed by atoms with Crippen LogP contribution in [0.5, 0.6) is 0 Å². The number of rotatable bonds is 44. The maximum atomic E-state index is 14.4. The summed E-state index contributed by atoms with van der Waals surface area (Å²) in [6.07, 6.45) is -1.05. The van der Waals surface area contributed by atoms with Gasteiger partial charge in [0.2, 0.25) is 65.0 Å². The van der Waals surface area contributed by atoms with Crippen molar-refractivity contribution >= 4 is 76.9 Å². The van der Waals surface area contributed by atoms with Crippen LogP contribution in [0, 0.1) is 17.8 Å². The first-order valence-corrected chi connectivity index (χ1v) is 30.4. The van der Waals surface area contributed by atoms with E-state index in [1.54, 1.807) is 102 Å². The molecule has 0 fully saturated rings. The number of unbranched alkanes of at least 4 members (excludes halogenated alkanes) is 2. The predicted octanol–water partition coefficient (Wildman–Crippen LogP) is -1.74. The molecule has 90 heavy (non-hydrogen) atoms. The highest BCUT2D eigenvalue weighted by Crippen LogP contribution is 2.15. The number of nitrogens with two attached hydrogens (primary N) is 5. The lowest BCUT2D eigenvalue weighted by Crippen LogP contribution is -2.61. The van der Waals surface area contributed by atoms with Gasteiger partial charge < -0.3 is 86.7 Å². The van der Waals surface area contributed by atoms with Crippen molar-refractivity contribution in [3.8, 4) is 0 Å². The molecule has 29 heteroatoms. The number of carboxylic acid groups (broad SMARTS) is 2. The molecule has 29 nitrogen and oxygen atoms in total. The number of carbonyl (C=O) groups excluding carboxylic acids is 11. The molecule has 21 N–H and O–H groups in total. The molecule has 0 aliphatic heterocycles. The Labute approximate surface area is 525 Å². The Morgan fingerprint density at radius 3 is 1.14 bits per heavy atom. The topological polar surface area (TPSA) is 501 Å². The number of carboxylic acids is 2. The normalized spacial score (nSPS) is 14.5. The minimum Gasteiger partial charge on any atom is -0.481 e. The lowest BCUT2D eigenvalue weighted by atomic mass is 9.98. The molecule has 10 atom stereocenters. The molecule has 2 aromatic carbocycles. The third-order valence-corrected chi connectivity index (χ3v) is 14.3. The van der Waals surface area contributed by atoms with Crippen LogP contribution in [0.4, 0.5) is 0 Å². The molecule has 0 aliphatic rings. The monoisotopic (exact) mass is 1260 g/mol. The Balaban J connectivity index is 2.48. The molecule has 0 aliphatic carbocycles. The van der Waals surface area contributed by atoms with Crippen molar-refractivity contribution in [2.45, 2.75) is 198 Å². The van der Waals surface area contributed by atoms with E-state index in [0.29, 0.717) is 49.8 Å².